The van der Waals surface area contributed by atoms with E-state index < -0.39 is 5.97 Å². The van der Waals surface area contributed by atoms with E-state index in [4.69, 9.17) is 4.74 Å². The number of amides is 1. The number of rotatable bonds is 5. The van der Waals surface area contributed by atoms with Crippen molar-refractivity contribution in [1.82, 2.24) is 14.8 Å². The van der Waals surface area contributed by atoms with E-state index in [9.17, 15) is 9.59 Å². The van der Waals surface area contributed by atoms with Gasteiger partial charge >= 0.3 is 5.97 Å². The number of aromatic nitrogens is 3. The topological polar surface area (TPSA) is 86.1 Å². The molecule has 0 bridgehead atoms. The summed E-state index contributed by atoms with van der Waals surface area (Å²) in [6.07, 6.45) is 3.13. The van der Waals surface area contributed by atoms with Gasteiger partial charge in [0.1, 0.15) is 11.4 Å². The molecule has 2 aromatic heterocycles. The molecule has 1 amide bonds. The van der Waals surface area contributed by atoms with Gasteiger partial charge in [0.05, 0.1) is 24.2 Å². The van der Waals surface area contributed by atoms with Gasteiger partial charge < -0.3 is 10.1 Å². The Kier molecular flexibility index (Phi) is 5.30. The van der Waals surface area contributed by atoms with Gasteiger partial charge in [-0.3, -0.25) is 4.79 Å². The molecule has 0 aliphatic rings. The Morgan fingerprint density at radius 2 is 1.89 bits per heavy atom. The molecule has 1 aromatic carbocycles. The molecule has 138 valence electrons. The predicted octanol–water partition coefficient (Wildman–Crippen LogP) is 3.31. The fourth-order valence-electron chi connectivity index (χ4n) is 2.63. The minimum absolute atomic E-state index is 0.246. The van der Waals surface area contributed by atoms with Gasteiger partial charge in [0.25, 0.3) is 5.91 Å². The number of carbonyl (C=O) groups excluding carboxylic acids is 2. The molecule has 0 spiro atoms. The van der Waals surface area contributed by atoms with Crippen molar-refractivity contribution < 1.29 is 14.3 Å². The summed E-state index contributed by atoms with van der Waals surface area (Å²) in [4.78, 5) is 28.4. The van der Waals surface area contributed by atoms with Crippen LogP contribution in [0.1, 0.15) is 38.9 Å². The van der Waals surface area contributed by atoms with Crippen LogP contribution in [0.3, 0.4) is 0 Å². The Labute approximate surface area is 157 Å². The van der Waals surface area contributed by atoms with E-state index in [0.29, 0.717) is 29.2 Å². The lowest BCUT2D eigenvalue weighted by molar-refractivity contribution is 0.0525. The first-order valence-electron chi connectivity index (χ1n) is 8.55. The van der Waals surface area contributed by atoms with Crippen LogP contribution < -0.4 is 5.32 Å². The number of benzene rings is 1. The molecular formula is C20H20N4O3. The first kappa shape index (κ1) is 18.3. The van der Waals surface area contributed by atoms with E-state index in [2.05, 4.69) is 15.4 Å². The van der Waals surface area contributed by atoms with Gasteiger partial charge in [-0.2, -0.15) is 5.10 Å². The third-order valence-corrected chi connectivity index (χ3v) is 4.04. The summed E-state index contributed by atoms with van der Waals surface area (Å²) < 4.78 is 6.66. The van der Waals surface area contributed by atoms with E-state index in [1.54, 1.807) is 55.1 Å². The highest BCUT2D eigenvalue weighted by Gasteiger charge is 2.16. The van der Waals surface area contributed by atoms with E-state index in [1.165, 1.54) is 6.20 Å². The SMILES string of the molecule is CCOC(=O)c1cnn(-c2ccc(C(=O)Nc3cc(C)ccn3)cc2)c1C. The number of aryl methyl sites for hydroxylation is 1. The molecule has 0 fully saturated rings. The lowest BCUT2D eigenvalue weighted by Gasteiger charge is -2.08. The zero-order chi connectivity index (χ0) is 19.4. The summed E-state index contributed by atoms with van der Waals surface area (Å²) in [5, 5.41) is 7.02. The first-order chi connectivity index (χ1) is 13.0. The van der Waals surface area contributed by atoms with Crippen LogP contribution in [0.15, 0.2) is 48.8 Å². The summed E-state index contributed by atoms with van der Waals surface area (Å²) in [5.74, 6) is -0.141. The maximum absolute atomic E-state index is 12.4. The molecule has 7 nitrogen and oxygen atoms in total. The van der Waals surface area contributed by atoms with Crippen molar-refractivity contribution in [1.29, 1.82) is 0 Å². The molecule has 7 heteroatoms. The lowest BCUT2D eigenvalue weighted by Crippen LogP contribution is -2.13. The van der Waals surface area contributed by atoms with Crippen LogP contribution in [0.4, 0.5) is 5.82 Å². The largest absolute Gasteiger partial charge is 0.462 e. The number of anilines is 1. The second-order valence-electron chi connectivity index (χ2n) is 6.00. The number of hydrogen-bond donors (Lipinski definition) is 1. The lowest BCUT2D eigenvalue weighted by atomic mass is 10.2. The number of pyridine rings is 1. The molecule has 2 heterocycles. The van der Waals surface area contributed by atoms with E-state index in [0.717, 1.165) is 11.3 Å². The maximum Gasteiger partial charge on any atom is 0.341 e. The van der Waals surface area contributed by atoms with E-state index in [-0.39, 0.29) is 5.91 Å². The van der Waals surface area contributed by atoms with Gasteiger partial charge in [0, 0.05) is 11.8 Å². The summed E-state index contributed by atoms with van der Waals surface area (Å²) in [5.41, 5.74) is 3.35. The monoisotopic (exact) mass is 364 g/mol. The summed E-state index contributed by atoms with van der Waals surface area (Å²) in [6, 6.07) is 10.6. The quantitative estimate of drug-likeness (QED) is 0.702. The number of nitrogens with zero attached hydrogens (tertiary/aromatic N) is 3. The highest BCUT2D eigenvalue weighted by atomic mass is 16.5. The molecule has 27 heavy (non-hydrogen) atoms. The van der Waals surface area contributed by atoms with Crippen LogP contribution in [-0.4, -0.2) is 33.2 Å². The van der Waals surface area contributed by atoms with Crippen LogP contribution in [0.5, 0.6) is 0 Å². The van der Waals surface area contributed by atoms with Crippen molar-refractivity contribution in [2.75, 3.05) is 11.9 Å². The van der Waals surface area contributed by atoms with Crippen LogP contribution >= 0.6 is 0 Å². The van der Waals surface area contributed by atoms with Crippen LogP contribution in [0.2, 0.25) is 0 Å². The molecule has 0 saturated heterocycles. The number of esters is 1. The highest BCUT2D eigenvalue weighted by Crippen LogP contribution is 2.16. The van der Waals surface area contributed by atoms with Gasteiger partial charge in [-0.05, 0) is 62.7 Å². The molecule has 3 aromatic rings. The molecule has 0 unspecified atom stereocenters. The Hall–Kier alpha value is -3.48. The first-order valence-corrected chi connectivity index (χ1v) is 8.55. The van der Waals surface area contributed by atoms with Crippen LogP contribution in [0.25, 0.3) is 5.69 Å². The van der Waals surface area contributed by atoms with Gasteiger partial charge in [-0.25, -0.2) is 14.5 Å². The molecule has 3 rings (SSSR count). The van der Waals surface area contributed by atoms with Gasteiger partial charge in [0.15, 0.2) is 0 Å². The predicted molar refractivity (Wildman–Crippen MR) is 101 cm³/mol. The second kappa shape index (κ2) is 7.82. The standard InChI is InChI=1S/C20H20N4O3/c1-4-27-20(26)17-12-22-24(14(17)3)16-7-5-15(6-8-16)19(25)23-18-11-13(2)9-10-21-18/h5-12H,4H2,1-3H3,(H,21,23,25). The Bertz CT molecular complexity index is 977. The number of ether oxygens (including phenoxy) is 1. The molecule has 1 N–H and O–H groups in total. The smallest absolute Gasteiger partial charge is 0.341 e. The van der Waals surface area contributed by atoms with Crippen molar-refractivity contribution in [2.45, 2.75) is 20.8 Å². The summed E-state index contributed by atoms with van der Waals surface area (Å²) in [7, 11) is 0. The molecule has 0 saturated carbocycles. The highest BCUT2D eigenvalue weighted by molar-refractivity contribution is 6.03. The molecule has 0 atom stereocenters. The summed E-state index contributed by atoms with van der Waals surface area (Å²) in [6.45, 7) is 5.79. The number of carbonyl (C=O) groups is 2. The van der Waals surface area contributed by atoms with Gasteiger partial charge in [-0.1, -0.05) is 0 Å². The van der Waals surface area contributed by atoms with Crippen LogP contribution in [0, 0.1) is 13.8 Å². The van der Waals surface area contributed by atoms with Gasteiger partial charge in [0.2, 0.25) is 0 Å². The third-order valence-electron chi connectivity index (χ3n) is 4.04. The average molecular weight is 364 g/mol. The van der Waals surface area contributed by atoms with Crippen LogP contribution in [-0.2, 0) is 4.74 Å². The zero-order valence-electron chi connectivity index (χ0n) is 15.4. The molecular weight excluding hydrogens is 344 g/mol. The fourth-order valence-corrected chi connectivity index (χ4v) is 2.63. The fraction of sp³-hybridized carbons (Fsp3) is 0.200. The molecule has 0 aliphatic carbocycles. The normalized spacial score (nSPS) is 10.5. The van der Waals surface area contributed by atoms with E-state index >= 15 is 0 Å². The Morgan fingerprint density at radius 3 is 2.56 bits per heavy atom. The van der Waals surface area contributed by atoms with Gasteiger partial charge in [-0.15, -0.1) is 0 Å². The van der Waals surface area contributed by atoms with E-state index in [1.807, 2.05) is 13.0 Å². The van der Waals surface area contributed by atoms with Crippen molar-refractivity contribution >= 4 is 17.7 Å². The number of hydrogen-bond acceptors (Lipinski definition) is 5. The van der Waals surface area contributed by atoms with Crippen molar-refractivity contribution in [3.8, 4) is 5.69 Å². The minimum Gasteiger partial charge on any atom is -0.462 e. The van der Waals surface area contributed by atoms with Crippen molar-refractivity contribution in [3.63, 3.8) is 0 Å². The molecule has 0 radical (unpaired) electrons. The second-order valence-corrected chi connectivity index (χ2v) is 6.00. The average Bonchev–Trinajstić information content (AvgIpc) is 3.03. The number of nitrogens with one attached hydrogen (secondary N) is 1. The zero-order valence-corrected chi connectivity index (χ0v) is 15.4. The minimum atomic E-state index is -0.400. The summed E-state index contributed by atoms with van der Waals surface area (Å²) >= 11 is 0. The van der Waals surface area contributed by atoms with Crippen molar-refractivity contribution in [2.24, 2.45) is 0 Å². The third kappa shape index (κ3) is 4.03. The maximum atomic E-state index is 12.4. The Morgan fingerprint density at radius 1 is 1.15 bits per heavy atom. The van der Waals surface area contributed by atoms with Crippen molar-refractivity contribution in [3.05, 3.63) is 71.2 Å². The molecule has 0 aliphatic heterocycles. The Balaban J connectivity index is 1.77.